The van der Waals surface area contributed by atoms with Gasteiger partial charge in [-0.25, -0.2) is 4.79 Å². The summed E-state index contributed by atoms with van der Waals surface area (Å²) in [5.41, 5.74) is 5.38. The minimum absolute atomic E-state index is 0.128. The van der Waals surface area contributed by atoms with E-state index in [1.54, 1.807) is 13.8 Å². The zero-order chi connectivity index (χ0) is 14.5. The van der Waals surface area contributed by atoms with Gasteiger partial charge in [0.15, 0.2) is 0 Å². The van der Waals surface area contributed by atoms with Crippen molar-refractivity contribution in [1.82, 2.24) is 0 Å². The topological polar surface area (TPSA) is 50.7 Å². The lowest BCUT2D eigenvalue weighted by atomic mass is 9.87. The second kappa shape index (κ2) is 6.36. The molecular formula is C15H22N2O2. The van der Waals surface area contributed by atoms with Crippen LogP contribution in [0.25, 0.3) is 0 Å². The number of carbonyl (C=O) groups excluding carboxylic acids is 1. The standard InChI is InChI=1S/C15H22N2O2/c1-6-19-14(18)11(2)16-17-13-9-7-12(8-10-13)15(3,4)5/h7-10,17H,6H2,1-5H3/b16-11-. The van der Waals surface area contributed by atoms with Crippen molar-refractivity contribution in [3.8, 4) is 0 Å². The van der Waals surface area contributed by atoms with Crippen molar-refractivity contribution in [3.63, 3.8) is 0 Å². The van der Waals surface area contributed by atoms with E-state index in [1.165, 1.54) is 5.56 Å². The minimum atomic E-state index is -0.402. The monoisotopic (exact) mass is 262 g/mol. The Hall–Kier alpha value is -1.84. The van der Waals surface area contributed by atoms with Gasteiger partial charge in [0, 0.05) is 0 Å². The van der Waals surface area contributed by atoms with Crippen LogP contribution < -0.4 is 5.43 Å². The Morgan fingerprint density at radius 3 is 2.32 bits per heavy atom. The number of nitrogens with one attached hydrogen (secondary N) is 1. The van der Waals surface area contributed by atoms with Crippen LogP contribution in [0.5, 0.6) is 0 Å². The summed E-state index contributed by atoms with van der Waals surface area (Å²) in [6, 6.07) is 8.00. The highest BCUT2D eigenvalue weighted by atomic mass is 16.5. The van der Waals surface area contributed by atoms with E-state index >= 15 is 0 Å². The quantitative estimate of drug-likeness (QED) is 0.514. The Bertz CT molecular complexity index is 456. The average molecular weight is 262 g/mol. The van der Waals surface area contributed by atoms with Crippen molar-refractivity contribution in [1.29, 1.82) is 0 Å². The summed E-state index contributed by atoms with van der Waals surface area (Å²) in [4.78, 5) is 11.4. The van der Waals surface area contributed by atoms with Crippen LogP contribution in [0.2, 0.25) is 0 Å². The smallest absolute Gasteiger partial charge is 0.354 e. The third-order valence-corrected chi connectivity index (χ3v) is 2.67. The number of hydrazone groups is 1. The fourth-order valence-corrected chi connectivity index (χ4v) is 1.47. The number of nitrogens with zero attached hydrogens (tertiary/aromatic N) is 1. The summed E-state index contributed by atoms with van der Waals surface area (Å²) in [5.74, 6) is -0.402. The minimum Gasteiger partial charge on any atom is -0.461 e. The predicted molar refractivity (Wildman–Crippen MR) is 78.5 cm³/mol. The molecule has 0 aromatic heterocycles. The maximum absolute atomic E-state index is 11.4. The van der Waals surface area contributed by atoms with E-state index in [0.29, 0.717) is 12.3 Å². The lowest BCUT2D eigenvalue weighted by Crippen LogP contribution is -2.15. The molecule has 0 saturated heterocycles. The second-order valence-electron chi connectivity index (χ2n) is 5.36. The molecule has 0 amide bonds. The summed E-state index contributed by atoms with van der Waals surface area (Å²) in [6.45, 7) is 10.2. The molecule has 1 rings (SSSR count). The van der Waals surface area contributed by atoms with Crippen LogP contribution in [0.1, 0.15) is 40.2 Å². The van der Waals surface area contributed by atoms with Gasteiger partial charge in [-0.3, -0.25) is 5.43 Å². The first-order valence-electron chi connectivity index (χ1n) is 6.42. The average Bonchev–Trinajstić information content (AvgIpc) is 2.35. The number of benzene rings is 1. The van der Waals surface area contributed by atoms with E-state index in [9.17, 15) is 4.79 Å². The second-order valence-corrected chi connectivity index (χ2v) is 5.36. The molecule has 1 aromatic rings. The Morgan fingerprint density at radius 2 is 1.84 bits per heavy atom. The molecule has 0 aliphatic carbocycles. The summed E-state index contributed by atoms with van der Waals surface area (Å²) in [5, 5.41) is 4.00. The Balaban J connectivity index is 2.69. The van der Waals surface area contributed by atoms with Crippen molar-refractivity contribution in [2.75, 3.05) is 12.0 Å². The largest absolute Gasteiger partial charge is 0.461 e. The highest BCUT2D eigenvalue weighted by molar-refractivity contribution is 6.35. The van der Waals surface area contributed by atoms with E-state index in [4.69, 9.17) is 4.74 Å². The van der Waals surface area contributed by atoms with Gasteiger partial charge < -0.3 is 4.74 Å². The number of anilines is 1. The fraction of sp³-hybridized carbons (Fsp3) is 0.467. The SMILES string of the molecule is CCOC(=O)/C(C)=N\Nc1ccc(C(C)(C)C)cc1. The number of ether oxygens (including phenoxy) is 1. The van der Waals surface area contributed by atoms with Gasteiger partial charge in [-0.15, -0.1) is 0 Å². The zero-order valence-corrected chi connectivity index (χ0v) is 12.3. The molecule has 0 atom stereocenters. The van der Waals surface area contributed by atoms with Crippen molar-refractivity contribution >= 4 is 17.4 Å². The molecule has 104 valence electrons. The summed E-state index contributed by atoms with van der Waals surface area (Å²) in [7, 11) is 0. The first-order valence-corrected chi connectivity index (χ1v) is 6.42. The molecule has 1 N–H and O–H groups in total. The van der Waals surface area contributed by atoms with E-state index in [2.05, 4.69) is 43.4 Å². The molecule has 4 heteroatoms. The lowest BCUT2D eigenvalue weighted by Gasteiger charge is -2.19. The zero-order valence-electron chi connectivity index (χ0n) is 12.3. The van der Waals surface area contributed by atoms with Crippen LogP contribution in [0.3, 0.4) is 0 Å². The van der Waals surface area contributed by atoms with Crippen molar-refractivity contribution < 1.29 is 9.53 Å². The van der Waals surface area contributed by atoms with Crippen molar-refractivity contribution in [2.24, 2.45) is 5.10 Å². The fourth-order valence-electron chi connectivity index (χ4n) is 1.47. The molecule has 0 heterocycles. The van der Waals surface area contributed by atoms with Crippen LogP contribution in [-0.2, 0) is 14.9 Å². The van der Waals surface area contributed by atoms with Gasteiger partial charge in [0.1, 0.15) is 5.71 Å². The Kier molecular flexibility index (Phi) is 5.10. The van der Waals surface area contributed by atoms with Crippen molar-refractivity contribution in [3.05, 3.63) is 29.8 Å². The highest BCUT2D eigenvalue weighted by Crippen LogP contribution is 2.23. The molecule has 0 aliphatic rings. The summed E-state index contributed by atoms with van der Waals surface area (Å²) in [6.07, 6.45) is 0. The maximum Gasteiger partial charge on any atom is 0.354 e. The van der Waals surface area contributed by atoms with E-state index in [1.807, 2.05) is 12.1 Å². The molecule has 0 unspecified atom stereocenters. The first-order chi connectivity index (χ1) is 8.84. The van der Waals surface area contributed by atoms with Crippen LogP contribution >= 0.6 is 0 Å². The van der Waals surface area contributed by atoms with Gasteiger partial charge >= 0.3 is 5.97 Å². The van der Waals surface area contributed by atoms with Gasteiger partial charge in [-0.1, -0.05) is 32.9 Å². The van der Waals surface area contributed by atoms with Crippen LogP contribution in [0, 0.1) is 0 Å². The Labute approximate surface area is 114 Å². The van der Waals surface area contributed by atoms with Crippen LogP contribution in [0.4, 0.5) is 5.69 Å². The molecule has 0 bridgehead atoms. The third kappa shape index (κ3) is 4.73. The Morgan fingerprint density at radius 1 is 1.26 bits per heavy atom. The highest BCUT2D eigenvalue weighted by Gasteiger charge is 2.12. The van der Waals surface area contributed by atoms with E-state index in [0.717, 1.165) is 5.69 Å². The molecule has 0 saturated carbocycles. The van der Waals surface area contributed by atoms with E-state index < -0.39 is 5.97 Å². The van der Waals surface area contributed by atoms with Gasteiger partial charge in [0.25, 0.3) is 0 Å². The number of rotatable bonds is 4. The summed E-state index contributed by atoms with van der Waals surface area (Å²) < 4.78 is 4.85. The third-order valence-electron chi connectivity index (χ3n) is 2.67. The molecule has 0 aliphatic heterocycles. The number of esters is 1. The normalized spacial score (nSPS) is 12.2. The van der Waals surface area contributed by atoms with Gasteiger partial charge in [0.05, 0.1) is 12.3 Å². The maximum atomic E-state index is 11.4. The predicted octanol–water partition coefficient (Wildman–Crippen LogP) is 3.34. The first kappa shape index (κ1) is 15.2. The van der Waals surface area contributed by atoms with Crippen molar-refractivity contribution in [2.45, 2.75) is 40.0 Å². The number of hydrogen-bond donors (Lipinski definition) is 1. The van der Waals surface area contributed by atoms with Gasteiger partial charge in [-0.05, 0) is 37.0 Å². The molecule has 1 aromatic carbocycles. The summed E-state index contributed by atoms with van der Waals surface area (Å²) >= 11 is 0. The molecule has 4 nitrogen and oxygen atoms in total. The molecular weight excluding hydrogens is 240 g/mol. The van der Waals surface area contributed by atoms with E-state index in [-0.39, 0.29) is 5.41 Å². The molecule has 0 spiro atoms. The van der Waals surface area contributed by atoms with Gasteiger partial charge in [0.2, 0.25) is 0 Å². The molecule has 0 radical (unpaired) electrons. The van der Waals surface area contributed by atoms with Crippen LogP contribution in [0.15, 0.2) is 29.4 Å². The molecule has 19 heavy (non-hydrogen) atoms. The molecule has 0 fully saturated rings. The number of carbonyl (C=O) groups is 1. The van der Waals surface area contributed by atoms with Gasteiger partial charge in [-0.2, -0.15) is 5.10 Å². The van der Waals surface area contributed by atoms with Crippen LogP contribution in [-0.4, -0.2) is 18.3 Å². The lowest BCUT2D eigenvalue weighted by molar-refractivity contribution is -0.135. The number of hydrogen-bond acceptors (Lipinski definition) is 4.